The van der Waals surface area contributed by atoms with Crippen LogP contribution >= 0.6 is 11.6 Å². The molecule has 0 bridgehead atoms. The van der Waals surface area contributed by atoms with Gasteiger partial charge in [-0.15, -0.1) is 0 Å². The number of aromatic nitrogens is 3. The molecule has 1 saturated heterocycles. The monoisotopic (exact) mass is 399 g/mol. The maximum atomic E-state index is 12.7. The molecule has 1 atom stereocenters. The average molecular weight is 400 g/mol. The molecule has 1 aliphatic heterocycles. The second kappa shape index (κ2) is 7.41. The van der Waals surface area contributed by atoms with Gasteiger partial charge in [0.05, 0.1) is 5.69 Å². The lowest BCUT2D eigenvalue weighted by Gasteiger charge is -2.20. The quantitative estimate of drug-likeness (QED) is 0.706. The molecular weight excluding hydrogens is 378 g/mol. The number of hydrogen-bond donors (Lipinski definition) is 2. The van der Waals surface area contributed by atoms with Gasteiger partial charge in [0.1, 0.15) is 5.56 Å². The lowest BCUT2D eigenvalue weighted by atomic mass is 10.0. The Labute approximate surface area is 167 Å². The van der Waals surface area contributed by atoms with Crippen molar-refractivity contribution in [2.24, 2.45) is 0 Å². The van der Waals surface area contributed by atoms with Crippen molar-refractivity contribution in [3.05, 3.63) is 63.2 Å². The number of carbonyl (C=O) groups excluding carboxylic acids is 1. The third-order valence-corrected chi connectivity index (χ3v) is 5.48. The zero-order valence-corrected chi connectivity index (χ0v) is 16.5. The number of halogens is 1. The minimum absolute atomic E-state index is 0.196. The fourth-order valence-corrected chi connectivity index (χ4v) is 3.73. The lowest BCUT2D eigenvalue weighted by molar-refractivity contribution is 0.102. The van der Waals surface area contributed by atoms with Gasteiger partial charge in [-0.05, 0) is 51.1 Å². The van der Waals surface area contributed by atoms with E-state index in [0.717, 1.165) is 25.2 Å². The van der Waals surface area contributed by atoms with Gasteiger partial charge in [-0.25, -0.2) is 9.50 Å². The first-order chi connectivity index (χ1) is 13.4. The largest absolute Gasteiger partial charge is 0.322 e. The number of benzene rings is 1. The van der Waals surface area contributed by atoms with Gasteiger partial charge in [0.2, 0.25) is 0 Å². The fourth-order valence-electron chi connectivity index (χ4n) is 3.60. The summed E-state index contributed by atoms with van der Waals surface area (Å²) in [7, 11) is 0. The summed E-state index contributed by atoms with van der Waals surface area (Å²) in [5.41, 5.74) is 1.82. The van der Waals surface area contributed by atoms with Crippen molar-refractivity contribution in [3.8, 4) is 0 Å². The molecule has 7 nitrogen and oxygen atoms in total. The van der Waals surface area contributed by atoms with E-state index in [1.54, 1.807) is 30.3 Å². The summed E-state index contributed by atoms with van der Waals surface area (Å²) in [6, 6.07) is 8.88. The Morgan fingerprint density at radius 2 is 2.07 bits per heavy atom. The summed E-state index contributed by atoms with van der Waals surface area (Å²) in [5, 5.41) is 6.23. The SMILES string of the molecule is CC(C)N1CC[C@H](c2cc(=O)n3[nH]cc(C(=O)Nc4ccc(Cl)cc4)c3n2)C1. The summed E-state index contributed by atoms with van der Waals surface area (Å²) < 4.78 is 1.30. The third kappa shape index (κ3) is 3.55. The van der Waals surface area contributed by atoms with Crippen LogP contribution in [-0.4, -0.2) is 44.5 Å². The summed E-state index contributed by atoms with van der Waals surface area (Å²) >= 11 is 5.88. The molecule has 0 saturated carbocycles. The molecule has 146 valence electrons. The third-order valence-electron chi connectivity index (χ3n) is 5.23. The van der Waals surface area contributed by atoms with E-state index < -0.39 is 0 Å². The van der Waals surface area contributed by atoms with Crippen molar-refractivity contribution in [1.29, 1.82) is 0 Å². The molecule has 0 radical (unpaired) electrons. The van der Waals surface area contributed by atoms with Crippen molar-refractivity contribution >= 4 is 28.8 Å². The van der Waals surface area contributed by atoms with Gasteiger partial charge in [0.25, 0.3) is 11.5 Å². The molecule has 3 aromatic rings. The van der Waals surface area contributed by atoms with Crippen LogP contribution in [0, 0.1) is 0 Å². The average Bonchev–Trinajstić information content (AvgIpc) is 3.31. The van der Waals surface area contributed by atoms with E-state index in [0.29, 0.717) is 28.0 Å². The van der Waals surface area contributed by atoms with Crippen LogP contribution < -0.4 is 10.9 Å². The van der Waals surface area contributed by atoms with E-state index >= 15 is 0 Å². The minimum atomic E-state index is -0.333. The van der Waals surface area contributed by atoms with Crippen LogP contribution in [0.15, 0.2) is 41.3 Å². The van der Waals surface area contributed by atoms with E-state index in [1.807, 2.05) is 0 Å². The molecule has 2 aromatic heterocycles. The number of nitrogens with one attached hydrogen (secondary N) is 2. The first kappa shape index (κ1) is 18.7. The van der Waals surface area contributed by atoms with Crippen molar-refractivity contribution in [2.45, 2.75) is 32.2 Å². The first-order valence-electron chi connectivity index (χ1n) is 9.34. The van der Waals surface area contributed by atoms with Crippen LogP contribution in [0.25, 0.3) is 5.65 Å². The second-order valence-corrected chi connectivity index (χ2v) is 7.84. The van der Waals surface area contributed by atoms with Crippen LogP contribution in [0.2, 0.25) is 5.02 Å². The highest BCUT2D eigenvalue weighted by molar-refractivity contribution is 6.30. The summed E-state index contributed by atoms with van der Waals surface area (Å²) in [6.07, 6.45) is 2.46. The Balaban J connectivity index is 1.65. The van der Waals surface area contributed by atoms with Crippen LogP contribution in [0.5, 0.6) is 0 Å². The number of amides is 1. The summed E-state index contributed by atoms with van der Waals surface area (Å²) in [6.45, 7) is 6.19. The number of H-pyrrole nitrogens is 1. The highest BCUT2D eigenvalue weighted by Crippen LogP contribution is 2.27. The van der Waals surface area contributed by atoms with Crippen molar-refractivity contribution < 1.29 is 4.79 Å². The standard InChI is InChI=1S/C20H22ClN5O2/c1-12(2)25-8-7-13(11-25)17-9-18(27)26-19(24-17)16(10-22-26)20(28)23-15-5-3-14(21)4-6-15/h3-6,9-10,12-13,22H,7-8,11H2,1-2H3,(H,23,28)/t13-/m0/s1. The van der Waals surface area contributed by atoms with E-state index in [1.165, 1.54) is 10.7 Å². The van der Waals surface area contributed by atoms with Crippen LogP contribution in [0.4, 0.5) is 5.69 Å². The summed E-state index contributed by atoms with van der Waals surface area (Å²) in [4.78, 5) is 32.3. The molecule has 1 aromatic carbocycles. The molecule has 0 unspecified atom stereocenters. The van der Waals surface area contributed by atoms with E-state index in [4.69, 9.17) is 11.6 Å². The van der Waals surface area contributed by atoms with Gasteiger partial charge >= 0.3 is 0 Å². The molecule has 1 fully saturated rings. The molecular formula is C20H22ClN5O2. The van der Waals surface area contributed by atoms with Gasteiger partial charge < -0.3 is 10.2 Å². The second-order valence-electron chi connectivity index (χ2n) is 7.40. The Morgan fingerprint density at radius 3 is 2.75 bits per heavy atom. The molecule has 1 aliphatic rings. The van der Waals surface area contributed by atoms with Crippen LogP contribution in [0.1, 0.15) is 42.2 Å². The summed E-state index contributed by atoms with van der Waals surface area (Å²) in [5.74, 6) is -0.137. The van der Waals surface area contributed by atoms with Crippen molar-refractivity contribution in [3.63, 3.8) is 0 Å². The number of likely N-dealkylation sites (tertiary alicyclic amines) is 1. The highest BCUT2D eigenvalue weighted by Gasteiger charge is 2.27. The normalized spacial score (nSPS) is 17.5. The van der Waals surface area contributed by atoms with Crippen LogP contribution in [-0.2, 0) is 0 Å². The van der Waals surface area contributed by atoms with Gasteiger partial charge in [0.15, 0.2) is 5.65 Å². The number of rotatable bonds is 4. The molecule has 1 amide bonds. The first-order valence-corrected chi connectivity index (χ1v) is 9.72. The van der Waals surface area contributed by atoms with Gasteiger partial charge in [-0.1, -0.05) is 11.6 Å². The molecule has 8 heteroatoms. The molecule has 4 rings (SSSR count). The van der Waals surface area contributed by atoms with Gasteiger partial charge in [-0.2, -0.15) is 0 Å². The zero-order chi connectivity index (χ0) is 19.8. The fraction of sp³-hybridized carbons (Fsp3) is 0.350. The van der Waals surface area contributed by atoms with E-state index in [-0.39, 0.29) is 17.4 Å². The smallest absolute Gasteiger partial charge is 0.272 e. The van der Waals surface area contributed by atoms with Gasteiger partial charge in [-0.3, -0.25) is 14.7 Å². The van der Waals surface area contributed by atoms with Crippen LogP contribution in [0.3, 0.4) is 0 Å². The topological polar surface area (TPSA) is 82.5 Å². The minimum Gasteiger partial charge on any atom is -0.322 e. The predicted octanol–water partition coefficient (Wildman–Crippen LogP) is 3.13. The Morgan fingerprint density at radius 1 is 1.32 bits per heavy atom. The lowest BCUT2D eigenvalue weighted by Crippen LogP contribution is -2.28. The zero-order valence-electron chi connectivity index (χ0n) is 15.8. The number of fused-ring (bicyclic) bond motifs is 1. The molecule has 2 N–H and O–H groups in total. The predicted molar refractivity (Wildman–Crippen MR) is 109 cm³/mol. The number of hydrogen-bond acceptors (Lipinski definition) is 4. The molecule has 28 heavy (non-hydrogen) atoms. The number of anilines is 1. The van der Waals surface area contributed by atoms with Crippen molar-refractivity contribution in [2.75, 3.05) is 18.4 Å². The van der Waals surface area contributed by atoms with E-state index in [2.05, 4.69) is 34.1 Å². The Kier molecular flexibility index (Phi) is 4.95. The maximum Gasteiger partial charge on any atom is 0.272 e. The number of aromatic amines is 1. The Hall–Kier alpha value is -2.64. The molecule has 0 aliphatic carbocycles. The number of carbonyl (C=O) groups is 1. The Bertz CT molecular complexity index is 1070. The van der Waals surface area contributed by atoms with E-state index in [9.17, 15) is 9.59 Å². The highest BCUT2D eigenvalue weighted by atomic mass is 35.5. The van der Waals surface area contributed by atoms with Gasteiger partial charge in [0, 0.05) is 41.5 Å². The molecule has 3 heterocycles. The maximum absolute atomic E-state index is 12.7. The number of nitrogens with zero attached hydrogens (tertiary/aromatic N) is 3. The van der Waals surface area contributed by atoms with Crippen molar-refractivity contribution in [1.82, 2.24) is 19.5 Å². The molecule has 0 spiro atoms.